The summed E-state index contributed by atoms with van der Waals surface area (Å²) in [5, 5.41) is 10.6. The molecule has 1 N–H and O–H groups in total. The number of aromatic hydroxyl groups is 1. The molecule has 0 aromatic heterocycles. The fourth-order valence-corrected chi connectivity index (χ4v) is 4.93. The van der Waals surface area contributed by atoms with Gasteiger partial charge in [0.05, 0.1) is 25.4 Å². The number of ether oxygens (including phenoxy) is 2. The van der Waals surface area contributed by atoms with Crippen LogP contribution in [0.3, 0.4) is 0 Å². The van der Waals surface area contributed by atoms with Crippen LogP contribution in [0.15, 0.2) is 29.8 Å². The molecule has 4 rings (SSSR count). The van der Waals surface area contributed by atoms with E-state index in [2.05, 4.69) is 6.08 Å². The van der Waals surface area contributed by atoms with Crippen LogP contribution in [0.2, 0.25) is 5.02 Å². The van der Waals surface area contributed by atoms with Crippen molar-refractivity contribution in [3.05, 3.63) is 40.4 Å². The number of carbonyl (C=O) groups is 1. The van der Waals surface area contributed by atoms with Crippen molar-refractivity contribution in [2.45, 2.75) is 31.7 Å². The average Bonchev–Trinajstić information content (AvgIpc) is 2.69. The van der Waals surface area contributed by atoms with Crippen molar-refractivity contribution in [2.24, 2.45) is 5.41 Å². The molecule has 0 unspecified atom stereocenters. The number of phenolic OH excluding ortho intramolecular Hbond substituents is 1. The molecule has 2 saturated heterocycles. The van der Waals surface area contributed by atoms with Gasteiger partial charge in [-0.2, -0.15) is 0 Å². The van der Waals surface area contributed by atoms with Crippen LogP contribution >= 0.6 is 11.6 Å². The molecule has 0 radical (unpaired) electrons. The first kappa shape index (κ1) is 17.8. The summed E-state index contributed by atoms with van der Waals surface area (Å²) in [6.07, 6.45) is 5.82. The highest BCUT2D eigenvalue weighted by molar-refractivity contribution is 6.31. The maximum Gasteiger partial charge on any atom is 0.257 e. The predicted molar refractivity (Wildman–Crippen MR) is 98.6 cm³/mol. The first-order chi connectivity index (χ1) is 12.6. The third-order valence-electron chi connectivity index (χ3n) is 5.98. The summed E-state index contributed by atoms with van der Waals surface area (Å²) in [6, 6.07) is 4.72. The van der Waals surface area contributed by atoms with Crippen LogP contribution in [-0.2, 0) is 9.47 Å². The molecule has 3 aliphatic heterocycles. The highest BCUT2D eigenvalue weighted by atomic mass is 35.5. The van der Waals surface area contributed by atoms with Crippen LogP contribution < -0.4 is 0 Å². The Kier molecular flexibility index (Phi) is 4.95. The molecule has 1 amide bonds. The largest absolute Gasteiger partial charge is 0.507 e. The topological polar surface area (TPSA) is 59.0 Å². The Morgan fingerprint density at radius 1 is 1.31 bits per heavy atom. The van der Waals surface area contributed by atoms with Crippen molar-refractivity contribution in [2.75, 3.05) is 33.0 Å². The zero-order valence-electron chi connectivity index (χ0n) is 14.7. The van der Waals surface area contributed by atoms with E-state index in [-0.39, 0.29) is 28.7 Å². The summed E-state index contributed by atoms with van der Waals surface area (Å²) in [7, 11) is 0. The normalized spacial score (nSPS) is 29.0. The molecule has 5 nitrogen and oxygen atoms in total. The van der Waals surface area contributed by atoms with Gasteiger partial charge in [-0.15, -0.1) is 0 Å². The van der Waals surface area contributed by atoms with E-state index in [4.69, 9.17) is 21.1 Å². The molecule has 0 bridgehead atoms. The van der Waals surface area contributed by atoms with Gasteiger partial charge in [-0.3, -0.25) is 4.79 Å². The molecule has 3 heterocycles. The second-order valence-corrected chi connectivity index (χ2v) is 7.77. The Morgan fingerprint density at radius 3 is 3.00 bits per heavy atom. The molecule has 2 atom stereocenters. The molecule has 140 valence electrons. The Hall–Kier alpha value is -1.56. The third kappa shape index (κ3) is 3.02. The van der Waals surface area contributed by atoms with Crippen LogP contribution in [-0.4, -0.2) is 54.9 Å². The van der Waals surface area contributed by atoms with Crippen molar-refractivity contribution < 1.29 is 19.4 Å². The van der Waals surface area contributed by atoms with Crippen LogP contribution in [0.4, 0.5) is 0 Å². The van der Waals surface area contributed by atoms with Gasteiger partial charge >= 0.3 is 0 Å². The standard InChI is InChI=1S/C20H24ClNO4/c21-15-2-3-17(23)16(12-15)19(24)22-8-1-7-20(13-26-11-6-18(20)22)14-4-9-25-10-5-14/h2-4,12,18,23H,1,5-11,13H2/t18-,20-/m0/s1. The lowest BCUT2D eigenvalue weighted by Gasteiger charge is -2.54. The van der Waals surface area contributed by atoms with Crippen molar-refractivity contribution >= 4 is 17.5 Å². The zero-order chi connectivity index (χ0) is 18.1. The summed E-state index contributed by atoms with van der Waals surface area (Å²) >= 11 is 6.06. The number of carbonyl (C=O) groups excluding carboxylic acids is 1. The number of rotatable bonds is 2. The van der Waals surface area contributed by atoms with E-state index in [9.17, 15) is 9.90 Å². The second-order valence-electron chi connectivity index (χ2n) is 7.33. The van der Waals surface area contributed by atoms with Gasteiger partial charge in [0.1, 0.15) is 5.75 Å². The molecule has 6 heteroatoms. The number of phenols is 1. The first-order valence-corrected chi connectivity index (χ1v) is 9.64. The summed E-state index contributed by atoms with van der Waals surface area (Å²) in [5.41, 5.74) is 1.51. The van der Waals surface area contributed by atoms with Crippen molar-refractivity contribution in [3.63, 3.8) is 0 Å². The number of benzene rings is 1. The summed E-state index contributed by atoms with van der Waals surface area (Å²) in [4.78, 5) is 15.2. The fourth-order valence-electron chi connectivity index (χ4n) is 4.76. The van der Waals surface area contributed by atoms with Gasteiger partial charge < -0.3 is 19.5 Å². The van der Waals surface area contributed by atoms with Crippen LogP contribution in [0, 0.1) is 5.41 Å². The van der Waals surface area contributed by atoms with E-state index in [0.717, 1.165) is 32.3 Å². The van der Waals surface area contributed by atoms with E-state index in [0.29, 0.717) is 31.4 Å². The monoisotopic (exact) mass is 377 g/mol. The molecule has 1 aromatic rings. The molecule has 0 saturated carbocycles. The summed E-state index contributed by atoms with van der Waals surface area (Å²) in [6.45, 7) is 3.35. The van der Waals surface area contributed by atoms with E-state index >= 15 is 0 Å². The van der Waals surface area contributed by atoms with Crippen molar-refractivity contribution in [3.8, 4) is 5.75 Å². The van der Waals surface area contributed by atoms with Crippen LogP contribution in [0.1, 0.15) is 36.0 Å². The Balaban J connectivity index is 1.69. The van der Waals surface area contributed by atoms with Gasteiger partial charge in [0.25, 0.3) is 5.91 Å². The minimum atomic E-state index is -0.145. The van der Waals surface area contributed by atoms with Crippen LogP contribution in [0.5, 0.6) is 5.75 Å². The SMILES string of the molecule is O=C(c1cc(Cl)ccc1O)N1CCC[C@@]2(C3=CCOCC3)COCC[C@H]12. The number of halogens is 1. The molecule has 26 heavy (non-hydrogen) atoms. The molecular formula is C20H24ClNO4. The van der Waals surface area contributed by atoms with E-state index in [1.165, 1.54) is 11.6 Å². The van der Waals surface area contributed by atoms with Gasteiger partial charge in [-0.1, -0.05) is 23.3 Å². The smallest absolute Gasteiger partial charge is 0.257 e. The number of nitrogens with zero attached hydrogens (tertiary/aromatic N) is 1. The number of likely N-dealkylation sites (tertiary alicyclic amines) is 1. The minimum Gasteiger partial charge on any atom is -0.507 e. The molecular weight excluding hydrogens is 354 g/mol. The van der Waals surface area contributed by atoms with Gasteiger partial charge in [0.2, 0.25) is 0 Å². The Labute approximate surface area is 158 Å². The highest BCUT2D eigenvalue weighted by Gasteiger charge is 2.50. The number of piperidine rings is 1. The number of fused-ring (bicyclic) bond motifs is 1. The van der Waals surface area contributed by atoms with E-state index in [1.54, 1.807) is 12.1 Å². The number of hydrogen-bond donors (Lipinski definition) is 1. The summed E-state index contributed by atoms with van der Waals surface area (Å²) < 4.78 is 11.4. The molecule has 3 aliphatic rings. The predicted octanol–water partition coefficient (Wildman–Crippen LogP) is 3.40. The number of amides is 1. The van der Waals surface area contributed by atoms with E-state index in [1.807, 2.05) is 4.90 Å². The third-order valence-corrected chi connectivity index (χ3v) is 6.22. The molecule has 1 aromatic carbocycles. The van der Waals surface area contributed by atoms with Crippen molar-refractivity contribution in [1.82, 2.24) is 4.90 Å². The first-order valence-electron chi connectivity index (χ1n) is 9.26. The van der Waals surface area contributed by atoms with Gasteiger partial charge in [0.15, 0.2) is 0 Å². The maximum atomic E-state index is 13.3. The lowest BCUT2D eigenvalue weighted by atomic mass is 9.65. The second kappa shape index (κ2) is 7.22. The molecule has 0 spiro atoms. The minimum absolute atomic E-state index is 0.0204. The molecule has 2 fully saturated rings. The average molecular weight is 378 g/mol. The lowest BCUT2D eigenvalue weighted by Crippen LogP contribution is -2.59. The lowest BCUT2D eigenvalue weighted by molar-refractivity contribution is -0.0739. The highest BCUT2D eigenvalue weighted by Crippen LogP contribution is 2.48. The van der Waals surface area contributed by atoms with Crippen molar-refractivity contribution in [1.29, 1.82) is 0 Å². The Bertz CT molecular complexity index is 731. The quantitative estimate of drug-likeness (QED) is 0.802. The number of hydrogen-bond acceptors (Lipinski definition) is 4. The zero-order valence-corrected chi connectivity index (χ0v) is 15.5. The Morgan fingerprint density at radius 2 is 2.19 bits per heavy atom. The maximum absolute atomic E-state index is 13.3. The molecule has 0 aliphatic carbocycles. The van der Waals surface area contributed by atoms with E-state index < -0.39 is 0 Å². The van der Waals surface area contributed by atoms with Gasteiger partial charge in [0, 0.05) is 29.6 Å². The summed E-state index contributed by atoms with van der Waals surface area (Å²) in [5.74, 6) is -0.165. The van der Waals surface area contributed by atoms with Gasteiger partial charge in [-0.25, -0.2) is 0 Å². The van der Waals surface area contributed by atoms with Gasteiger partial charge in [-0.05, 0) is 43.9 Å². The fraction of sp³-hybridized carbons (Fsp3) is 0.550. The van der Waals surface area contributed by atoms with Crippen LogP contribution in [0.25, 0.3) is 0 Å².